The van der Waals surface area contributed by atoms with Crippen molar-refractivity contribution >= 4 is 11.4 Å². The lowest BCUT2D eigenvalue weighted by Gasteiger charge is -1.96. The summed E-state index contributed by atoms with van der Waals surface area (Å²) >= 11 is 0. The topological polar surface area (TPSA) is 28.6 Å². The van der Waals surface area contributed by atoms with E-state index in [4.69, 9.17) is 0 Å². The first-order chi connectivity index (χ1) is 10.9. The zero-order chi connectivity index (χ0) is 15.2. The molecule has 22 heavy (non-hydrogen) atoms. The van der Waals surface area contributed by atoms with Crippen LogP contribution in [0.2, 0.25) is 0 Å². The van der Waals surface area contributed by atoms with Crippen LogP contribution in [0.25, 0.3) is 11.1 Å². The number of nitrogens with zero attached hydrogens (tertiary/aromatic N) is 3. The predicted octanol–water partition coefficient (Wildman–Crippen LogP) is 5.29. The Morgan fingerprint density at radius 1 is 0.909 bits per heavy atom. The van der Waals surface area contributed by atoms with Gasteiger partial charge in [-0.25, -0.2) is 4.57 Å². The molecule has 0 amide bonds. The smallest absolute Gasteiger partial charge is 0.196 e. The van der Waals surface area contributed by atoms with Gasteiger partial charge in [-0.15, -0.1) is 10.2 Å². The normalized spacial score (nSPS) is 11.3. The summed E-state index contributed by atoms with van der Waals surface area (Å²) < 4.78 is 2.17. The van der Waals surface area contributed by atoms with E-state index in [9.17, 15) is 0 Å². The minimum Gasteiger partial charge on any atom is -0.203 e. The molecule has 0 aliphatic heterocycles. The zero-order valence-corrected chi connectivity index (χ0v) is 12.8. The number of rotatable bonds is 5. The standard InChI is InChI=1S/C19H20N3/c1-2-3-13-22-14-7-9-17(15-22)20-21-19-12-11-16-8-5-4-6-10-18(16)19/h4-12,14-15H,2-3,13H2,1H3/q+1. The van der Waals surface area contributed by atoms with Crippen molar-refractivity contribution < 1.29 is 4.57 Å². The van der Waals surface area contributed by atoms with Crippen molar-refractivity contribution in [3.05, 3.63) is 67.0 Å². The van der Waals surface area contributed by atoms with E-state index in [1.165, 1.54) is 18.4 Å². The van der Waals surface area contributed by atoms with Gasteiger partial charge in [-0.2, -0.15) is 0 Å². The second kappa shape index (κ2) is 6.94. The highest BCUT2D eigenvalue weighted by Crippen LogP contribution is 2.34. The molecule has 0 N–H and O–H groups in total. The first-order valence-corrected chi connectivity index (χ1v) is 7.75. The maximum absolute atomic E-state index is 4.43. The molecule has 0 bridgehead atoms. The summed E-state index contributed by atoms with van der Waals surface area (Å²) in [5.41, 5.74) is 4.11. The number of hydrogen-bond acceptors (Lipinski definition) is 2. The van der Waals surface area contributed by atoms with Gasteiger partial charge >= 0.3 is 0 Å². The van der Waals surface area contributed by atoms with E-state index in [2.05, 4.69) is 46.1 Å². The molecule has 0 radical (unpaired) electrons. The van der Waals surface area contributed by atoms with Crippen molar-refractivity contribution in [1.82, 2.24) is 0 Å². The molecule has 0 spiro atoms. The first kappa shape index (κ1) is 14.4. The van der Waals surface area contributed by atoms with E-state index in [0.29, 0.717) is 0 Å². The van der Waals surface area contributed by atoms with Crippen molar-refractivity contribution in [2.75, 3.05) is 0 Å². The summed E-state index contributed by atoms with van der Waals surface area (Å²) in [6.07, 6.45) is 6.49. The van der Waals surface area contributed by atoms with Crippen molar-refractivity contribution in [3.8, 4) is 11.1 Å². The Hall–Kier alpha value is -2.55. The summed E-state index contributed by atoms with van der Waals surface area (Å²) in [5, 5.41) is 8.82. The van der Waals surface area contributed by atoms with Crippen molar-refractivity contribution in [2.45, 2.75) is 26.3 Å². The SMILES string of the molecule is CCCC[n+]1cccc(N=Nc2ccc3cccccc2-3)c1. The minimum atomic E-state index is 0.883. The number of unbranched alkanes of at least 4 members (excludes halogenated alkanes) is 1. The molecule has 110 valence electrons. The van der Waals surface area contributed by atoms with Gasteiger partial charge in [0.1, 0.15) is 12.2 Å². The van der Waals surface area contributed by atoms with Crippen LogP contribution >= 0.6 is 0 Å². The van der Waals surface area contributed by atoms with Crippen molar-refractivity contribution in [2.24, 2.45) is 10.2 Å². The van der Waals surface area contributed by atoms with Gasteiger partial charge in [-0.1, -0.05) is 49.7 Å². The summed E-state index contributed by atoms with van der Waals surface area (Å²) in [5.74, 6) is 0. The van der Waals surface area contributed by atoms with Gasteiger partial charge in [0, 0.05) is 18.1 Å². The third kappa shape index (κ3) is 3.37. The molecule has 3 rings (SSSR count). The molecule has 0 unspecified atom stereocenters. The molecule has 2 aliphatic carbocycles. The van der Waals surface area contributed by atoms with E-state index in [-0.39, 0.29) is 0 Å². The summed E-state index contributed by atoms with van der Waals surface area (Å²) in [6, 6.07) is 18.4. The second-order valence-corrected chi connectivity index (χ2v) is 5.35. The minimum absolute atomic E-state index is 0.883. The van der Waals surface area contributed by atoms with Gasteiger partial charge in [0.25, 0.3) is 0 Å². The summed E-state index contributed by atoms with van der Waals surface area (Å²) in [6.45, 7) is 3.22. The van der Waals surface area contributed by atoms with Gasteiger partial charge < -0.3 is 0 Å². The Morgan fingerprint density at radius 2 is 1.82 bits per heavy atom. The van der Waals surface area contributed by atoms with Gasteiger partial charge in [-0.05, 0) is 17.7 Å². The zero-order valence-electron chi connectivity index (χ0n) is 12.8. The van der Waals surface area contributed by atoms with Gasteiger partial charge in [0.2, 0.25) is 0 Å². The van der Waals surface area contributed by atoms with Gasteiger partial charge in [-0.3, -0.25) is 0 Å². The fraction of sp³-hybridized carbons (Fsp3) is 0.211. The average Bonchev–Trinajstić information content (AvgIpc) is 2.78. The predicted molar refractivity (Wildman–Crippen MR) is 88.8 cm³/mol. The average molecular weight is 290 g/mol. The van der Waals surface area contributed by atoms with Gasteiger partial charge in [0.15, 0.2) is 12.4 Å². The number of aryl methyl sites for hydroxylation is 1. The number of pyridine rings is 1. The van der Waals surface area contributed by atoms with Crippen LogP contribution in [0.5, 0.6) is 0 Å². The third-order valence-electron chi connectivity index (χ3n) is 3.65. The lowest BCUT2D eigenvalue weighted by Crippen LogP contribution is -2.32. The van der Waals surface area contributed by atoms with E-state index in [1.54, 1.807) is 0 Å². The second-order valence-electron chi connectivity index (χ2n) is 5.35. The quantitative estimate of drug-likeness (QED) is 0.451. The number of hydrogen-bond donors (Lipinski definition) is 0. The van der Waals surface area contributed by atoms with Gasteiger partial charge in [0.05, 0.1) is 5.69 Å². The van der Waals surface area contributed by atoms with Crippen LogP contribution in [0.4, 0.5) is 11.4 Å². The van der Waals surface area contributed by atoms with E-state index in [1.807, 2.05) is 42.6 Å². The number of aromatic nitrogens is 1. The van der Waals surface area contributed by atoms with Crippen LogP contribution in [0, 0.1) is 0 Å². The molecule has 1 aromatic rings. The summed E-state index contributed by atoms with van der Waals surface area (Å²) in [4.78, 5) is 0. The molecule has 0 saturated heterocycles. The lowest BCUT2D eigenvalue weighted by atomic mass is 10.2. The number of fused-ring (bicyclic) bond motifs is 1. The Kier molecular flexibility index (Phi) is 4.54. The van der Waals surface area contributed by atoms with E-state index < -0.39 is 0 Å². The Balaban J connectivity index is 1.82. The molecule has 1 aromatic heterocycles. The molecule has 0 saturated carbocycles. The highest BCUT2D eigenvalue weighted by atomic mass is 15.1. The molecule has 3 heteroatoms. The van der Waals surface area contributed by atoms with Crippen LogP contribution < -0.4 is 4.57 Å². The lowest BCUT2D eigenvalue weighted by molar-refractivity contribution is -0.696. The Bertz CT molecular complexity index is 749. The fourth-order valence-corrected chi connectivity index (χ4v) is 2.44. The Morgan fingerprint density at radius 3 is 2.73 bits per heavy atom. The van der Waals surface area contributed by atoms with Crippen LogP contribution in [0.3, 0.4) is 0 Å². The largest absolute Gasteiger partial charge is 0.203 e. The number of azo groups is 1. The van der Waals surface area contributed by atoms with Crippen molar-refractivity contribution in [3.63, 3.8) is 0 Å². The fourth-order valence-electron chi connectivity index (χ4n) is 2.44. The van der Waals surface area contributed by atoms with Crippen LogP contribution in [-0.4, -0.2) is 0 Å². The molecule has 1 heterocycles. The van der Waals surface area contributed by atoms with Crippen LogP contribution in [0.1, 0.15) is 19.8 Å². The van der Waals surface area contributed by atoms with E-state index in [0.717, 1.165) is 23.5 Å². The molecular formula is C19H20N3+. The van der Waals surface area contributed by atoms with Crippen LogP contribution in [-0.2, 0) is 6.54 Å². The maximum Gasteiger partial charge on any atom is 0.196 e. The van der Waals surface area contributed by atoms with E-state index >= 15 is 0 Å². The summed E-state index contributed by atoms with van der Waals surface area (Å²) in [7, 11) is 0. The highest BCUT2D eigenvalue weighted by Gasteiger charge is 2.07. The molecule has 2 aliphatic rings. The van der Waals surface area contributed by atoms with Crippen LogP contribution in [0.15, 0.2) is 77.2 Å². The molecule has 0 atom stereocenters. The Labute approximate surface area is 131 Å². The molecular weight excluding hydrogens is 270 g/mol. The highest BCUT2D eigenvalue weighted by molar-refractivity contribution is 5.79. The maximum atomic E-state index is 4.43. The first-order valence-electron chi connectivity index (χ1n) is 7.75. The van der Waals surface area contributed by atoms with Crippen molar-refractivity contribution in [1.29, 1.82) is 0 Å². The molecule has 0 aromatic carbocycles. The molecule has 0 fully saturated rings. The monoisotopic (exact) mass is 290 g/mol. The third-order valence-corrected chi connectivity index (χ3v) is 3.65. The molecule has 3 nitrogen and oxygen atoms in total.